The molecule has 1 aliphatic carbocycles. The SMILES string of the molecule is CC1(C)CC(=O)C=C(/C=C/c2ccc(Br)cc2)C1. The van der Waals surface area contributed by atoms with E-state index < -0.39 is 0 Å². The summed E-state index contributed by atoms with van der Waals surface area (Å²) in [7, 11) is 0. The summed E-state index contributed by atoms with van der Waals surface area (Å²) in [6, 6.07) is 8.14. The molecule has 0 bridgehead atoms. The molecule has 0 saturated heterocycles. The third kappa shape index (κ3) is 3.67. The molecular formula is C16H17BrO. The molecule has 18 heavy (non-hydrogen) atoms. The van der Waals surface area contributed by atoms with Crippen molar-refractivity contribution in [1.29, 1.82) is 0 Å². The highest BCUT2D eigenvalue weighted by Crippen LogP contribution is 2.34. The Morgan fingerprint density at radius 3 is 2.39 bits per heavy atom. The van der Waals surface area contributed by atoms with Gasteiger partial charge in [0.1, 0.15) is 0 Å². The van der Waals surface area contributed by atoms with Crippen LogP contribution in [0.3, 0.4) is 0 Å². The van der Waals surface area contributed by atoms with Gasteiger partial charge in [0.05, 0.1) is 0 Å². The van der Waals surface area contributed by atoms with Crippen LogP contribution in [0.5, 0.6) is 0 Å². The molecule has 0 unspecified atom stereocenters. The summed E-state index contributed by atoms with van der Waals surface area (Å²) in [6.45, 7) is 4.29. The van der Waals surface area contributed by atoms with E-state index in [0.29, 0.717) is 6.42 Å². The van der Waals surface area contributed by atoms with Crippen LogP contribution < -0.4 is 0 Å². The predicted molar refractivity (Wildman–Crippen MR) is 79.3 cm³/mol. The van der Waals surface area contributed by atoms with Crippen molar-refractivity contribution >= 4 is 27.8 Å². The number of carbonyl (C=O) groups excluding carboxylic acids is 1. The molecule has 0 fully saturated rings. The molecule has 94 valence electrons. The summed E-state index contributed by atoms with van der Waals surface area (Å²) >= 11 is 3.42. The zero-order valence-corrected chi connectivity index (χ0v) is 12.3. The Bertz CT molecular complexity index is 506. The Labute approximate surface area is 117 Å². The largest absolute Gasteiger partial charge is 0.295 e. The van der Waals surface area contributed by atoms with E-state index in [1.54, 1.807) is 6.08 Å². The van der Waals surface area contributed by atoms with Gasteiger partial charge in [-0.1, -0.05) is 54.1 Å². The molecule has 0 radical (unpaired) electrons. The van der Waals surface area contributed by atoms with Crippen molar-refractivity contribution in [2.45, 2.75) is 26.7 Å². The molecule has 1 aromatic carbocycles. The van der Waals surface area contributed by atoms with Gasteiger partial charge >= 0.3 is 0 Å². The molecule has 1 nitrogen and oxygen atoms in total. The van der Waals surface area contributed by atoms with Crippen molar-refractivity contribution in [2.75, 3.05) is 0 Å². The highest BCUT2D eigenvalue weighted by molar-refractivity contribution is 9.10. The average molecular weight is 305 g/mol. The van der Waals surface area contributed by atoms with E-state index in [4.69, 9.17) is 0 Å². The summed E-state index contributed by atoms with van der Waals surface area (Å²) in [5.74, 6) is 0.238. The molecule has 0 spiro atoms. The molecule has 0 aromatic heterocycles. The van der Waals surface area contributed by atoms with Crippen LogP contribution in [-0.4, -0.2) is 5.78 Å². The normalized spacial score (nSPS) is 19.1. The zero-order chi connectivity index (χ0) is 13.2. The number of allylic oxidation sites excluding steroid dienone is 3. The minimum absolute atomic E-state index is 0.0885. The van der Waals surface area contributed by atoms with E-state index in [2.05, 4.69) is 54.1 Å². The maximum absolute atomic E-state index is 11.6. The third-order valence-corrected chi connectivity index (χ3v) is 3.57. The van der Waals surface area contributed by atoms with E-state index >= 15 is 0 Å². The fourth-order valence-electron chi connectivity index (χ4n) is 2.28. The molecule has 0 atom stereocenters. The first-order chi connectivity index (χ1) is 8.44. The Morgan fingerprint density at radius 2 is 1.78 bits per heavy atom. The van der Waals surface area contributed by atoms with Gasteiger partial charge in [0.15, 0.2) is 5.78 Å². The monoisotopic (exact) mass is 304 g/mol. The van der Waals surface area contributed by atoms with Gasteiger partial charge in [-0.05, 0) is 41.2 Å². The van der Waals surface area contributed by atoms with E-state index in [1.807, 2.05) is 12.1 Å². The lowest BCUT2D eigenvalue weighted by atomic mass is 9.77. The minimum Gasteiger partial charge on any atom is -0.295 e. The molecule has 0 amide bonds. The Morgan fingerprint density at radius 1 is 1.11 bits per heavy atom. The van der Waals surface area contributed by atoms with Crippen molar-refractivity contribution in [3.8, 4) is 0 Å². The van der Waals surface area contributed by atoms with Crippen molar-refractivity contribution in [2.24, 2.45) is 5.41 Å². The summed E-state index contributed by atoms with van der Waals surface area (Å²) in [4.78, 5) is 11.6. The van der Waals surface area contributed by atoms with Crippen LogP contribution in [0.4, 0.5) is 0 Å². The summed E-state index contributed by atoms with van der Waals surface area (Å²) in [5.41, 5.74) is 2.36. The van der Waals surface area contributed by atoms with E-state index in [1.165, 1.54) is 0 Å². The van der Waals surface area contributed by atoms with E-state index in [-0.39, 0.29) is 11.2 Å². The average Bonchev–Trinajstić information content (AvgIpc) is 2.25. The van der Waals surface area contributed by atoms with Gasteiger partial charge in [0, 0.05) is 10.9 Å². The zero-order valence-electron chi connectivity index (χ0n) is 10.7. The van der Waals surface area contributed by atoms with Crippen LogP contribution in [0.25, 0.3) is 6.08 Å². The minimum atomic E-state index is 0.0885. The van der Waals surface area contributed by atoms with Crippen LogP contribution >= 0.6 is 15.9 Å². The second-order valence-corrected chi connectivity index (χ2v) is 6.50. The predicted octanol–water partition coefficient (Wildman–Crippen LogP) is 4.78. The number of halogens is 1. The molecule has 0 saturated carbocycles. The van der Waals surface area contributed by atoms with Crippen LogP contribution in [0.1, 0.15) is 32.3 Å². The van der Waals surface area contributed by atoms with Gasteiger partial charge in [0.2, 0.25) is 0 Å². The lowest BCUT2D eigenvalue weighted by Crippen LogP contribution is -2.21. The molecule has 1 aromatic rings. The lowest BCUT2D eigenvalue weighted by Gasteiger charge is -2.27. The number of benzene rings is 1. The Balaban J connectivity index is 2.14. The highest BCUT2D eigenvalue weighted by Gasteiger charge is 2.26. The van der Waals surface area contributed by atoms with Gasteiger partial charge in [0.25, 0.3) is 0 Å². The third-order valence-electron chi connectivity index (χ3n) is 3.04. The van der Waals surface area contributed by atoms with Gasteiger partial charge < -0.3 is 0 Å². The lowest BCUT2D eigenvalue weighted by molar-refractivity contribution is -0.116. The first-order valence-corrected chi connectivity index (χ1v) is 6.91. The second kappa shape index (κ2) is 5.23. The van der Waals surface area contributed by atoms with Crippen LogP contribution in [0, 0.1) is 5.41 Å². The van der Waals surface area contributed by atoms with Crippen molar-refractivity contribution in [1.82, 2.24) is 0 Å². The fraction of sp³-hybridized carbons (Fsp3) is 0.312. The van der Waals surface area contributed by atoms with E-state index in [9.17, 15) is 4.79 Å². The standard InChI is InChI=1S/C16H17BrO/c1-16(2)10-13(9-15(18)11-16)4-3-12-5-7-14(17)8-6-12/h3-9H,10-11H2,1-2H3/b4-3+. The molecule has 0 N–H and O–H groups in total. The number of hydrogen-bond acceptors (Lipinski definition) is 1. The molecule has 1 aliphatic rings. The summed E-state index contributed by atoms with van der Waals surface area (Å²) in [5, 5.41) is 0. The molecule has 0 heterocycles. The van der Waals surface area contributed by atoms with Gasteiger partial charge in [-0.25, -0.2) is 0 Å². The van der Waals surface area contributed by atoms with Crippen LogP contribution in [-0.2, 0) is 4.79 Å². The first kappa shape index (κ1) is 13.3. The maximum Gasteiger partial charge on any atom is 0.156 e. The molecule has 2 rings (SSSR count). The van der Waals surface area contributed by atoms with Crippen molar-refractivity contribution in [3.63, 3.8) is 0 Å². The highest BCUT2D eigenvalue weighted by atomic mass is 79.9. The van der Waals surface area contributed by atoms with Gasteiger partial charge in [-0.15, -0.1) is 0 Å². The molecule has 2 heteroatoms. The van der Waals surface area contributed by atoms with Crippen molar-refractivity contribution < 1.29 is 4.79 Å². The number of carbonyl (C=O) groups is 1. The number of ketones is 1. The maximum atomic E-state index is 11.6. The van der Waals surface area contributed by atoms with Crippen LogP contribution in [0.15, 0.2) is 46.5 Å². The number of hydrogen-bond donors (Lipinski definition) is 0. The summed E-state index contributed by atoms with van der Waals surface area (Å²) < 4.78 is 1.08. The second-order valence-electron chi connectivity index (χ2n) is 5.59. The first-order valence-electron chi connectivity index (χ1n) is 6.12. The smallest absolute Gasteiger partial charge is 0.156 e. The Kier molecular flexibility index (Phi) is 3.86. The van der Waals surface area contributed by atoms with Gasteiger partial charge in [-0.2, -0.15) is 0 Å². The topological polar surface area (TPSA) is 17.1 Å². The molecular weight excluding hydrogens is 288 g/mol. The number of rotatable bonds is 2. The van der Waals surface area contributed by atoms with Gasteiger partial charge in [-0.3, -0.25) is 4.79 Å². The summed E-state index contributed by atoms with van der Waals surface area (Å²) in [6.07, 6.45) is 7.52. The van der Waals surface area contributed by atoms with Crippen molar-refractivity contribution in [3.05, 3.63) is 52.0 Å². The van der Waals surface area contributed by atoms with E-state index in [0.717, 1.165) is 22.0 Å². The Hall–Kier alpha value is -1.15. The fourth-order valence-corrected chi connectivity index (χ4v) is 2.54. The van der Waals surface area contributed by atoms with Crippen LogP contribution in [0.2, 0.25) is 0 Å². The quantitative estimate of drug-likeness (QED) is 0.768. The molecule has 0 aliphatic heterocycles.